The van der Waals surface area contributed by atoms with Crippen molar-refractivity contribution in [2.24, 2.45) is 4.99 Å². The largest absolute Gasteiger partial charge is 0.494 e. The predicted molar refractivity (Wildman–Crippen MR) is 96.3 cm³/mol. The van der Waals surface area contributed by atoms with Gasteiger partial charge in [-0.25, -0.2) is 4.99 Å². The van der Waals surface area contributed by atoms with Crippen LogP contribution in [0.3, 0.4) is 0 Å². The topological polar surface area (TPSA) is 66.6 Å². The minimum absolute atomic E-state index is 0.376. The van der Waals surface area contributed by atoms with Crippen LogP contribution in [-0.2, 0) is 9.31 Å². The maximum absolute atomic E-state index is 8.76. The lowest BCUT2D eigenvalue weighted by Gasteiger charge is -2.32. The molecule has 0 spiro atoms. The molecule has 1 saturated heterocycles. The lowest BCUT2D eigenvalue weighted by atomic mass is 9.78. The number of nitrogens with zero attached hydrogens (tertiary/aromatic N) is 2. The van der Waals surface area contributed by atoms with Crippen molar-refractivity contribution in [2.75, 3.05) is 6.26 Å². The first-order valence-electron chi connectivity index (χ1n) is 7.44. The Hall–Kier alpha value is -1.49. The van der Waals surface area contributed by atoms with Crippen molar-refractivity contribution in [3.63, 3.8) is 0 Å². The van der Waals surface area contributed by atoms with Gasteiger partial charge in [-0.05, 0) is 58.0 Å². The van der Waals surface area contributed by atoms with Crippen LogP contribution in [0.15, 0.2) is 23.2 Å². The second kappa shape index (κ2) is 6.56. The lowest BCUT2D eigenvalue weighted by Crippen LogP contribution is -2.41. The number of hydrogen-bond acceptors (Lipinski definition) is 5. The summed E-state index contributed by atoms with van der Waals surface area (Å²) in [6, 6.07) is 5.93. The molecular formula is C16H22BN3O2S. The van der Waals surface area contributed by atoms with Crippen LogP contribution in [0.4, 0.5) is 5.69 Å². The summed E-state index contributed by atoms with van der Waals surface area (Å²) in [5.74, 6) is 0. The Balaban J connectivity index is 2.34. The second-order valence-electron chi connectivity index (χ2n) is 6.49. The summed E-state index contributed by atoms with van der Waals surface area (Å²) in [6.07, 6.45) is 3.77. The van der Waals surface area contributed by atoms with Crippen LogP contribution in [0.25, 0.3) is 0 Å². The highest BCUT2D eigenvalue weighted by Crippen LogP contribution is 2.36. The molecule has 0 atom stereocenters. The van der Waals surface area contributed by atoms with Gasteiger partial charge in [0.05, 0.1) is 16.9 Å². The highest BCUT2D eigenvalue weighted by Gasteiger charge is 2.51. The molecule has 1 heterocycles. The third-order valence-electron chi connectivity index (χ3n) is 4.34. The molecule has 1 aromatic rings. The average molecular weight is 331 g/mol. The van der Waals surface area contributed by atoms with E-state index in [4.69, 9.17) is 14.6 Å². The molecule has 0 amide bonds. The number of aliphatic imine (C=N–C) groups is 1. The zero-order valence-electron chi connectivity index (χ0n) is 14.4. The fourth-order valence-electron chi connectivity index (χ4n) is 2.15. The summed E-state index contributed by atoms with van der Waals surface area (Å²) < 4.78 is 12.2. The number of hydrogen-bond donors (Lipinski definition) is 1. The van der Waals surface area contributed by atoms with Gasteiger partial charge < -0.3 is 9.31 Å². The lowest BCUT2D eigenvalue weighted by molar-refractivity contribution is 0.00578. The summed E-state index contributed by atoms with van der Waals surface area (Å²) in [6.45, 7) is 10.1. The molecular weight excluding hydrogens is 309 g/mol. The summed E-state index contributed by atoms with van der Waals surface area (Å²) in [7, 11) is -0.420. The van der Waals surface area contributed by atoms with Crippen LogP contribution in [0.2, 0.25) is 0 Å². The van der Waals surface area contributed by atoms with Crippen molar-refractivity contribution < 1.29 is 9.31 Å². The van der Waals surface area contributed by atoms with Crippen molar-refractivity contribution >= 4 is 35.2 Å². The van der Waals surface area contributed by atoms with Crippen LogP contribution in [-0.4, -0.2) is 29.7 Å². The second-order valence-corrected chi connectivity index (χ2v) is 7.29. The van der Waals surface area contributed by atoms with E-state index >= 15 is 0 Å². The fraction of sp³-hybridized carbons (Fsp3) is 0.500. The van der Waals surface area contributed by atoms with E-state index in [9.17, 15) is 0 Å². The molecule has 23 heavy (non-hydrogen) atoms. The number of aryl methyl sites for hydroxylation is 1. The highest BCUT2D eigenvalue weighted by atomic mass is 32.2. The van der Waals surface area contributed by atoms with Gasteiger partial charge in [-0.3, -0.25) is 5.32 Å². The Labute approximate surface area is 142 Å². The number of thioether (sulfide) groups is 1. The summed E-state index contributed by atoms with van der Waals surface area (Å²) in [5.41, 5.74) is 1.99. The molecule has 1 aromatic carbocycles. The molecule has 0 radical (unpaired) electrons. The van der Waals surface area contributed by atoms with E-state index in [1.54, 1.807) is 0 Å². The summed E-state index contributed by atoms with van der Waals surface area (Å²) in [4.78, 5) is 4.51. The molecule has 0 unspecified atom stereocenters. The van der Waals surface area contributed by atoms with Crippen molar-refractivity contribution in [1.29, 1.82) is 5.26 Å². The Morgan fingerprint density at radius 2 is 1.87 bits per heavy atom. The molecule has 122 valence electrons. The molecule has 1 aliphatic heterocycles. The summed E-state index contributed by atoms with van der Waals surface area (Å²) >= 11 is 1.39. The molecule has 1 fully saturated rings. The molecule has 7 heteroatoms. The number of nitrogens with one attached hydrogen (secondary N) is 1. The van der Waals surface area contributed by atoms with E-state index in [1.165, 1.54) is 11.8 Å². The van der Waals surface area contributed by atoms with Crippen LogP contribution >= 0.6 is 11.8 Å². The normalized spacial score (nSPS) is 19.5. The van der Waals surface area contributed by atoms with Gasteiger partial charge in [0, 0.05) is 0 Å². The number of benzene rings is 1. The van der Waals surface area contributed by atoms with Gasteiger partial charge in [-0.15, -0.1) is 0 Å². The number of rotatable bonds is 2. The molecule has 1 aliphatic rings. The molecule has 0 aromatic heterocycles. The third-order valence-corrected chi connectivity index (χ3v) is 4.92. The van der Waals surface area contributed by atoms with Crippen LogP contribution in [0, 0.1) is 18.4 Å². The van der Waals surface area contributed by atoms with E-state index in [0.717, 1.165) is 16.7 Å². The Morgan fingerprint density at radius 3 is 2.39 bits per heavy atom. The predicted octanol–water partition coefficient (Wildman–Crippen LogP) is 2.72. The van der Waals surface area contributed by atoms with Gasteiger partial charge in [0.1, 0.15) is 0 Å². The van der Waals surface area contributed by atoms with Crippen molar-refractivity contribution in [2.45, 2.75) is 45.8 Å². The first-order valence-corrected chi connectivity index (χ1v) is 8.66. The zero-order valence-corrected chi connectivity index (χ0v) is 15.2. The van der Waals surface area contributed by atoms with Crippen molar-refractivity contribution in [3.8, 4) is 6.19 Å². The minimum atomic E-state index is -0.420. The molecule has 0 bridgehead atoms. The maximum atomic E-state index is 8.76. The molecule has 0 saturated carbocycles. The zero-order chi connectivity index (χ0) is 17.3. The Kier molecular flexibility index (Phi) is 5.09. The van der Waals surface area contributed by atoms with Crippen LogP contribution in [0.1, 0.15) is 33.3 Å². The fourth-order valence-corrected chi connectivity index (χ4v) is 2.49. The van der Waals surface area contributed by atoms with Gasteiger partial charge >= 0.3 is 7.12 Å². The minimum Gasteiger partial charge on any atom is -0.399 e. The van der Waals surface area contributed by atoms with E-state index < -0.39 is 7.12 Å². The van der Waals surface area contributed by atoms with Crippen molar-refractivity contribution in [3.05, 3.63) is 23.8 Å². The van der Waals surface area contributed by atoms with Gasteiger partial charge in [-0.1, -0.05) is 23.9 Å². The van der Waals surface area contributed by atoms with Gasteiger partial charge in [-0.2, -0.15) is 5.26 Å². The molecule has 1 N–H and O–H groups in total. The van der Waals surface area contributed by atoms with Crippen molar-refractivity contribution in [1.82, 2.24) is 5.32 Å². The molecule has 2 rings (SSSR count). The van der Waals surface area contributed by atoms with Crippen LogP contribution < -0.4 is 10.8 Å². The van der Waals surface area contributed by atoms with Crippen LogP contribution in [0.5, 0.6) is 0 Å². The van der Waals surface area contributed by atoms with E-state index in [-0.39, 0.29) is 11.2 Å². The highest BCUT2D eigenvalue weighted by molar-refractivity contribution is 8.13. The van der Waals surface area contributed by atoms with Gasteiger partial charge in [0.25, 0.3) is 0 Å². The van der Waals surface area contributed by atoms with Gasteiger partial charge in [0.2, 0.25) is 0 Å². The molecule has 0 aliphatic carbocycles. The SMILES string of the molecule is CSC(=Nc1cc(B2OC(C)(C)C(C)(C)O2)ccc1C)NC#N. The smallest absolute Gasteiger partial charge is 0.399 e. The maximum Gasteiger partial charge on any atom is 0.494 e. The Bertz CT molecular complexity index is 652. The molecule has 5 nitrogen and oxygen atoms in total. The van der Waals surface area contributed by atoms with E-state index in [2.05, 4.69) is 10.3 Å². The number of nitriles is 1. The average Bonchev–Trinajstić information content (AvgIpc) is 2.69. The monoisotopic (exact) mass is 331 g/mol. The third kappa shape index (κ3) is 3.71. The van der Waals surface area contributed by atoms with Gasteiger partial charge in [0.15, 0.2) is 11.4 Å². The van der Waals surface area contributed by atoms with E-state index in [1.807, 2.05) is 65.3 Å². The standard InChI is InChI=1S/C16H22BN3O2S/c1-11-7-8-12(9-13(11)20-14(23-6)19-10-18)17-21-15(2,3)16(4,5)22-17/h7-9H,1-6H3,(H,19,20). The Morgan fingerprint density at radius 1 is 1.26 bits per heavy atom. The summed E-state index contributed by atoms with van der Waals surface area (Å²) in [5, 5.41) is 11.9. The number of amidine groups is 1. The first-order chi connectivity index (χ1) is 10.7. The van der Waals surface area contributed by atoms with E-state index in [0.29, 0.717) is 5.17 Å². The quantitative estimate of drug-likeness (QED) is 0.297. The first kappa shape index (κ1) is 17.9.